The maximum Gasteiger partial charge on any atom is 0.269 e. The molecular weight excluding hydrogens is 304 g/mol. The molecule has 0 aromatic heterocycles. The second-order valence-corrected chi connectivity index (χ2v) is 6.28. The standard InChI is InChI=1S/C16H16O5S/c17-11-14-5-7-16(8-6-14)21-10-9-13-1-3-15(4-2-13)12-22(18,19)20/h1-8,11H,9-10,12H2,(H,18,19,20). The summed E-state index contributed by atoms with van der Waals surface area (Å²) in [4.78, 5) is 10.5. The minimum Gasteiger partial charge on any atom is -0.493 e. The van der Waals surface area contributed by atoms with Gasteiger partial charge in [-0.1, -0.05) is 24.3 Å². The number of aldehydes is 1. The van der Waals surface area contributed by atoms with Crippen LogP contribution in [0.1, 0.15) is 21.5 Å². The zero-order chi connectivity index (χ0) is 16.0. The highest BCUT2D eigenvalue weighted by atomic mass is 32.2. The number of rotatable bonds is 7. The summed E-state index contributed by atoms with van der Waals surface area (Å²) in [5.41, 5.74) is 2.14. The van der Waals surface area contributed by atoms with Crippen LogP contribution in [0.2, 0.25) is 0 Å². The van der Waals surface area contributed by atoms with Crippen molar-refractivity contribution in [1.82, 2.24) is 0 Å². The predicted octanol–water partition coefficient (Wildman–Crippen LogP) is 2.51. The van der Waals surface area contributed by atoms with Crippen molar-refractivity contribution < 1.29 is 22.5 Å². The summed E-state index contributed by atoms with van der Waals surface area (Å²) in [5.74, 6) is 0.306. The van der Waals surface area contributed by atoms with Crippen LogP contribution in [0.4, 0.5) is 0 Å². The fraction of sp³-hybridized carbons (Fsp3) is 0.188. The van der Waals surface area contributed by atoms with Gasteiger partial charge in [-0.25, -0.2) is 0 Å². The largest absolute Gasteiger partial charge is 0.493 e. The highest BCUT2D eigenvalue weighted by Gasteiger charge is 2.06. The van der Waals surface area contributed by atoms with Crippen molar-refractivity contribution in [3.05, 3.63) is 65.2 Å². The molecule has 1 N–H and O–H groups in total. The smallest absolute Gasteiger partial charge is 0.269 e. The van der Waals surface area contributed by atoms with Gasteiger partial charge in [0, 0.05) is 12.0 Å². The van der Waals surface area contributed by atoms with Gasteiger partial charge in [-0.15, -0.1) is 0 Å². The van der Waals surface area contributed by atoms with Gasteiger partial charge in [-0.3, -0.25) is 9.35 Å². The summed E-state index contributed by atoms with van der Waals surface area (Å²) in [7, 11) is -4.00. The highest BCUT2D eigenvalue weighted by molar-refractivity contribution is 7.85. The van der Waals surface area contributed by atoms with Gasteiger partial charge in [-0.2, -0.15) is 8.42 Å². The minimum absolute atomic E-state index is 0.382. The Balaban J connectivity index is 1.85. The Labute approximate surface area is 129 Å². The van der Waals surface area contributed by atoms with Crippen LogP contribution in [0.25, 0.3) is 0 Å². The van der Waals surface area contributed by atoms with Gasteiger partial charge in [0.05, 0.1) is 6.61 Å². The van der Waals surface area contributed by atoms with Gasteiger partial charge in [0.1, 0.15) is 17.8 Å². The molecular formula is C16H16O5S. The SMILES string of the molecule is O=Cc1ccc(OCCc2ccc(CS(=O)(=O)O)cc2)cc1. The van der Waals surface area contributed by atoms with E-state index in [2.05, 4.69) is 0 Å². The number of carbonyl (C=O) groups excluding carboxylic acids is 1. The zero-order valence-corrected chi connectivity index (χ0v) is 12.6. The first kappa shape index (κ1) is 16.2. The second kappa shape index (κ2) is 7.20. The fourth-order valence-electron chi connectivity index (χ4n) is 1.94. The summed E-state index contributed by atoms with van der Waals surface area (Å²) in [6.07, 6.45) is 1.44. The Bertz CT molecular complexity index is 718. The average molecular weight is 320 g/mol. The summed E-state index contributed by atoms with van der Waals surface area (Å²) < 4.78 is 35.9. The van der Waals surface area contributed by atoms with Crippen LogP contribution in [-0.4, -0.2) is 25.9 Å². The lowest BCUT2D eigenvalue weighted by molar-refractivity contribution is 0.112. The van der Waals surface area contributed by atoms with Crippen LogP contribution in [0.5, 0.6) is 5.75 Å². The molecule has 0 aliphatic rings. The van der Waals surface area contributed by atoms with E-state index in [0.29, 0.717) is 29.9 Å². The summed E-state index contributed by atoms with van der Waals surface area (Å²) in [6, 6.07) is 13.8. The lowest BCUT2D eigenvalue weighted by Gasteiger charge is -2.07. The summed E-state index contributed by atoms with van der Waals surface area (Å²) >= 11 is 0. The molecule has 6 heteroatoms. The molecule has 0 heterocycles. The molecule has 0 amide bonds. The number of ether oxygens (including phenoxy) is 1. The third-order valence-corrected chi connectivity index (χ3v) is 3.75. The zero-order valence-electron chi connectivity index (χ0n) is 11.8. The van der Waals surface area contributed by atoms with E-state index in [0.717, 1.165) is 11.8 Å². The van der Waals surface area contributed by atoms with Crippen molar-refractivity contribution in [2.75, 3.05) is 6.61 Å². The molecule has 0 fully saturated rings. The molecule has 116 valence electrons. The van der Waals surface area contributed by atoms with Crippen LogP contribution >= 0.6 is 0 Å². The van der Waals surface area contributed by atoms with Crippen LogP contribution in [-0.2, 0) is 22.3 Å². The molecule has 2 aromatic carbocycles. The van der Waals surface area contributed by atoms with Gasteiger partial charge in [0.2, 0.25) is 0 Å². The maximum absolute atomic E-state index is 10.8. The first-order valence-corrected chi connectivity index (χ1v) is 8.28. The van der Waals surface area contributed by atoms with Gasteiger partial charge in [0.25, 0.3) is 10.1 Å². The molecule has 0 radical (unpaired) electrons. The molecule has 0 saturated heterocycles. The molecule has 0 saturated carbocycles. The van der Waals surface area contributed by atoms with Crippen LogP contribution in [0.15, 0.2) is 48.5 Å². The van der Waals surface area contributed by atoms with Gasteiger partial charge < -0.3 is 4.74 Å². The molecule has 2 rings (SSSR count). The van der Waals surface area contributed by atoms with Crippen LogP contribution < -0.4 is 4.74 Å². The van der Waals surface area contributed by atoms with Crippen LogP contribution in [0.3, 0.4) is 0 Å². The Morgan fingerprint density at radius 3 is 2.09 bits per heavy atom. The first-order valence-electron chi connectivity index (χ1n) is 6.67. The molecule has 0 aliphatic heterocycles. The Morgan fingerprint density at radius 1 is 0.955 bits per heavy atom. The lowest BCUT2D eigenvalue weighted by Crippen LogP contribution is -2.03. The molecule has 22 heavy (non-hydrogen) atoms. The Kier molecular flexibility index (Phi) is 5.30. The van der Waals surface area contributed by atoms with Crippen molar-refractivity contribution >= 4 is 16.4 Å². The van der Waals surface area contributed by atoms with Crippen molar-refractivity contribution in [1.29, 1.82) is 0 Å². The number of hydrogen-bond donors (Lipinski definition) is 1. The quantitative estimate of drug-likeness (QED) is 0.626. The third-order valence-electron chi connectivity index (χ3n) is 3.05. The molecule has 0 bridgehead atoms. The third kappa shape index (κ3) is 5.31. The van der Waals surface area contributed by atoms with E-state index >= 15 is 0 Å². The predicted molar refractivity (Wildman–Crippen MR) is 82.7 cm³/mol. The highest BCUT2D eigenvalue weighted by Crippen LogP contribution is 2.12. The van der Waals surface area contributed by atoms with E-state index in [1.54, 1.807) is 48.5 Å². The first-order chi connectivity index (χ1) is 10.5. The molecule has 0 aliphatic carbocycles. The van der Waals surface area contributed by atoms with E-state index in [1.165, 1.54) is 0 Å². The molecule has 5 nitrogen and oxygen atoms in total. The molecule has 0 spiro atoms. The van der Waals surface area contributed by atoms with Gasteiger partial charge in [-0.05, 0) is 35.4 Å². The Morgan fingerprint density at radius 2 is 1.55 bits per heavy atom. The molecule has 0 atom stereocenters. The van der Waals surface area contributed by atoms with Gasteiger partial charge >= 0.3 is 0 Å². The number of carbonyl (C=O) groups is 1. The van der Waals surface area contributed by atoms with Crippen molar-refractivity contribution in [3.63, 3.8) is 0 Å². The van der Waals surface area contributed by atoms with Crippen molar-refractivity contribution in [2.24, 2.45) is 0 Å². The van der Waals surface area contributed by atoms with Crippen molar-refractivity contribution in [3.8, 4) is 5.75 Å². The average Bonchev–Trinajstić information content (AvgIpc) is 2.48. The van der Waals surface area contributed by atoms with E-state index in [1.807, 2.05) is 0 Å². The topological polar surface area (TPSA) is 80.7 Å². The second-order valence-electron chi connectivity index (χ2n) is 4.83. The fourth-order valence-corrected chi connectivity index (χ4v) is 2.56. The normalized spacial score (nSPS) is 11.1. The van der Waals surface area contributed by atoms with E-state index in [-0.39, 0.29) is 5.75 Å². The van der Waals surface area contributed by atoms with Crippen LogP contribution in [0, 0.1) is 0 Å². The summed E-state index contributed by atoms with van der Waals surface area (Å²) in [6.45, 7) is 0.470. The minimum atomic E-state index is -4.00. The maximum atomic E-state index is 10.8. The molecule has 2 aromatic rings. The monoisotopic (exact) mass is 320 g/mol. The lowest BCUT2D eigenvalue weighted by atomic mass is 10.1. The molecule has 0 unspecified atom stereocenters. The van der Waals surface area contributed by atoms with E-state index < -0.39 is 10.1 Å². The number of hydrogen-bond acceptors (Lipinski definition) is 4. The van der Waals surface area contributed by atoms with Gasteiger partial charge in [0.15, 0.2) is 0 Å². The van der Waals surface area contributed by atoms with E-state index in [9.17, 15) is 13.2 Å². The summed E-state index contributed by atoms with van der Waals surface area (Å²) in [5, 5.41) is 0. The number of benzene rings is 2. The van der Waals surface area contributed by atoms with E-state index in [4.69, 9.17) is 9.29 Å². The Hall–Kier alpha value is -2.18. The van der Waals surface area contributed by atoms with Crippen molar-refractivity contribution in [2.45, 2.75) is 12.2 Å².